The van der Waals surface area contributed by atoms with Gasteiger partial charge in [-0.05, 0) is 36.1 Å². The first kappa shape index (κ1) is 22.9. The van der Waals surface area contributed by atoms with Crippen LogP contribution < -0.4 is 0 Å². The molecule has 0 bridgehead atoms. The summed E-state index contributed by atoms with van der Waals surface area (Å²) in [6.07, 6.45) is 4.64. The molecule has 0 aromatic heterocycles. The zero-order valence-electron chi connectivity index (χ0n) is 19.9. The third-order valence-electron chi connectivity index (χ3n) is 6.88. The van der Waals surface area contributed by atoms with Crippen molar-refractivity contribution in [3.8, 4) is 0 Å². The van der Waals surface area contributed by atoms with Crippen LogP contribution in [0.25, 0.3) is 9.81 Å². The lowest BCUT2D eigenvalue weighted by Gasteiger charge is -2.43. The van der Waals surface area contributed by atoms with Gasteiger partial charge in [0.15, 0.2) is 0 Å². The van der Waals surface area contributed by atoms with Crippen LogP contribution in [0.2, 0.25) is 0 Å². The molecule has 172 valence electrons. The molecule has 4 aromatic rings. The molecule has 3 heteroatoms. The number of aryl methyl sites for hydroxylation is 2. The maximum Gasteiger partial charge on any atom is 0.0641 e. The Bertz CT molecular complexity index is 1350. The number of rotatable bonds is 4. The molecule has 35 heavy (non-hydrogen) atoms. The van der Waals surface area contributed by atoms with E-state index < -0.39 is 6.33 Å². The van der Waals surface area contributed by atoms with E-state index in [1.165, 1.54) is 43.2 Å². The molecule has 4 aromatic carbocycles. The van der Waals surface area contributed by atoms with Crippen molar-refractivity contribution in [2.45, 2.75) is 24.9 Å². The van der Waals surface area contributed by atoms with Gasteiger partial charge in [0.25, 0.3) is 0 Å². The van der Waals surface area contributed by atoms with Crippen molar-refractivity contribution in [1.82, 2.24) is 0 Å². The maximum absolute atomic E-state index is 2.61. The molecule has 0 fully saturated rings. The van der Waals surface area contributed by atoms with Crippen LogP contribution in [-0.4, -0.2) is 0 Å². The maximum atomic E-state index is 2.61. The molecule has 0 amide bonds. The lowest BCUT2D eigenvalue weighted by atomic mass is 9.79. The molecular formula is C32H27PS2. The molecule has 3 atom stereocenters. The third-order valence-corrected chi connectivity index (χ3v) is 14.9. The zero-order chi connectivity index (χ0) is 23.8. The second-order valence-corrected chi connectivity index (χ2v) is 15.8. The molecule has 0 N–H and O–H groups in total. The van der Waals surface area contributed by atoms with Crippen LogP contribution >= 0.6 is 29.1 Å². The van der Waals surface area contributed by atoms with E-state index in [0.29, 0.717) is 0 Å². The highest BCUT2D eigenvalue weighted by Gasteiger charge is 2.53. The van der Waals surface area contributed by atoms with Crippen molar-refractivity contribution in [1.29, 1.82) is 0 Å². The van der Waals surface area contributed by atoms with Crippen LogP contribution in [0.15, 0.2) is 121 Å². The molecule has 2 aliphatic rings. The summed E-state index contributed by atoms with van der Waals surface area (Å²) in [6, 6.07) is 40.4. The van der Waals surface area contributed by atoms with Gasteiger partial charge in [0.05, 0.1) is 5.16 Å². The molecular weight excluding hydrogens is 479 g/mol. The SMILES string of the molecule is Cc1ccc(C2=CC(c3ccccc3)C3(c4ccccc4)C=C(c4ccc(C)cc4)SP3S2)cc1. The third kappa shape index (κ3) is 4.23. The highest BCUT2D eigenvalue weighted by molar-refractivity contribution is 8.92. The van der Waals surface area contributed by atoms with Crippen LogP contribution in [0, 0.1) is 13.8 Å². The van der Waals surface area contributed by atoms with Gasteiger partial charge in [-0.2, -0.15) is 0 Å². The highest BCUT2D eigenvalue weighted by Crippen LogP contribution is 2.87. The normalized spacial score (nSPS) is 23.4. The van der Waals surface area contributed by atoms with Gasteiger partial charge in [0.1, 0.15) is 0 Å². The Hall–Kier alpha value is -2.51. The van der Waals surface area contributed by atoms with E-state index in [4.69, 9.17) is 0 Å². The standard InChI is InChI=1S/C32H27PS2/c1-23-13-17-26(18-14-23)30-21-29(25-9-5-3-6-10-25)32(28-11-7-4-8-12-28)22-31(35-33(32)34-30)27-19-15-24(2)16-20-27/h3-22,29H,1-2H3. The molecule has 0 radical (unpaired) electrons. The largest absolute Gasteiger partial charge is 0.0852 e. The molecule has 0 aliphatic carbocycles. The van der Waals surface area contributed by atoms with Gasteiger partial charge in [0, 0.05) is 22.1 Å². The fraction of sp³-hybridized carbons (Fsp3) is 0.125. The van der Waals surface area contributed by atoms with Crippen LogP contribution in [0.1, 0.15) is 39.3 Å². The van der Waals surface area contributed by atoms with E-state index in [0.717, 1.165) is 0 Å². The number of benzene rings is 4. The molecule has 0 spiro atoms. The Labute approximate surface area is 217 Å². The monoisotopic (exact) mass is 506 g/mol. The number of hydrogen-bond donors (Lipinski definition) is 0. The minimum Gasteiger partial charge on any atom is -0.0852 e. The van der Waals surface area contributed by atoms with Gasteiger partial charge in [-0.15, -0.1) is 0 Å². The first-order valence-electron chi connectivity index (χ1n) is 12.0. The molecule has 6 rings (SSSR count). The summed E-state index contributed by atoms with van der Waals surface area (Å²) in [5.74, 6) is 0.269. The van der Waals surface area contributed by atoms with Crippen LogP contribution in [-0.2, 0) is 5.16 Å². The smallest absolute Gasteiger partial charge is 0.0641 e. The van der Waals surface area contributed by atoms with Crippen molar-refractivity contribution in [2.75, 3.05) is 0 Å². The Morgan fingerprint density at radius 3 is 1.71 bits per heavy atom. The van der Waals surface area contributed by atoms with E-state index >= 15 is 0 Å². The lowest BCUT2D eigenvalue weighted by Crippen LogP contribution is -2.28. The molecule has 3 unspecified atom stereocenters. The zero-order valence-corrected chi connectivity index (χ0v) is 22.4. The average molecular weight is 507 g/mol. The summed E-state index contributed by atoms with van der Waals surface area (Å²) in [7, 11) is 0. The first-order valence-corrected chi connectivity index (χ1v) is 16.2. The van der Waals surface area contributed by atoms with Crippen molar-refractivity contribution in [3.63, 3.8) is 0 Å². The minimum atomic E-state index is -0.512. The second kappa shape index (κ2) is 9.51. The quantitative estimate of drug-likeness (QED) is 0.253. The average Bonchev–Trinajstić information content (AvgIpc) is 3.31. The van der Waals surface area contributed by atoms with Gasteiger partial charge >= 0.3 is 0 Å². The summed E-state index contributed by atoms with van der Waals surface area (Å²) in [4.78, 5) is 2.81. The van der Waals surface area contributed by atoms with Gasteiger partial charge in [-0.3, -0.25) is 0 Å². The number of fused-ring (bicyclic) bond motifs is 1. The molecule has 0 saturated carbocycles. The lowest BCUT2D eigenvalue weighted by molar-refractivity contribution is 0.678. The predicted octanol–water partition coefficient (Wildman–Crippen LogP) is 10.2. The van der Waals surface area contributed by atoms with E-state index in [1.807, 2.05) is 0 Å². The van der Waals surface area contributed by atoms with Crippen LogP contribution in [0.5, 0.6) is 0 Å². The molecule has 0 nitrogen and oxygen atoms in total. The summed E-state index contributed by atoms with van der Waals surface area (Å²) in [5, 5.41) is -0.0678. The topological polar surface area (TPSA) is 0 Å². The fourth-order valence-corrected chi connectivity index (χ4v) is 14.2. The number of allylic oxidation sites excluding steroid dienone is 2. The Kier molecular flexibility index (Phi) is 6.23. The summed E-state index contributed by atoms with van der Waals surface area (Å²) < 4.78 is 0. The van der Waals surface area contributed by atoms with Crippen molar-refractivity contribution < 1.29 is 0 Å². The number of hydrogen-bond acceptors (Lipinski definition) is 2. The van der Waals surface area contributed by atoms with E-state index in [2.05, 4.69) is 158 Å². The fourth-order valence-electron chi connectivity index (χ4n) is 4.94. The van der Waals surface area contributed by atoms with Gasteiger partial charge in [-0.25, -0.2) is 0 Å². The highest BCUT2D eigenvalue weighted by atomic mass is 33.1. The minimum absolute atomic E-state index is 0.0678. The van der Waals surface area contributed by atoms with E-state index in [9.17, 15) is 0 Å². The van der Waals surface area contributed by atoms with Crippen molar-refractivity contribution >= 4 is 38.9 Å². The van der Waals surface area contributed by atoms with Crippen molar-refractivity contribution in [3.05, 3.63) is 155 Å². The van der Waals surface area contributed by atoms with E-state index in [-0.39, 0.29) is 11.1 Å². The van der Waals surface area contributed by atoms with Crippen LogP contribution in [0.3, 0.4) is 0 Å². The Morgan fingerprint density at radius 1 is 0.600 bits per heavy atom. The Morgan fingerprint density at radius 2 is 1.11 bits per heavy atom. The predicted molar refractivity (Wildman–Crippen MR) is 158 cm³/mol. The summed E-state index contributed by atoms with van der Waals surface area (Å²) in [5.41, 5.74) is 8.07. The van der Waals surface area contributed by atoms with Crippen molar-refractivity contribution in [2.24, 2.45) is 0 Å². The first-order chi connectivity index (χ1) is 17.1. The van der Waals surface area contributed by atoms with Crippen LogP contribution in [0.4, 0.5) is 0 Å². The second-order valence-electron chi connectivity index (χ2n) is 9.29. The Balaban J connectivity index is 1.56. The van der Waals surface area contributed by atoms with Gasteiger partial charge < -0.3 is 0 Å². The molecule has 2 aliphatic heterocycles. The van der Waals surface area contributed by atoms with Gasteiger partial charge in [0.2, 0.25) is 0 Å². The molecule has 0 saturated heterocycles. The summed E-state index contributed by atoms with van der Waals surface area (Å²) in [6.45, 7) is 4.32. The van der Waals surface area contributed by atoms with E-state index in [1.54, 1.807) is 0 Å². The van der Waals surface area contributed by atoms with Gasteiger partial charge in [-0.1, -0.05) is 155 Å². The summed E-state index contributed by atoms with van der Waals surface area (Å²) >= 11 is 4.19. The molecule has 2 heterocycles.